The predicted octanol–water partition coefficient (Wildman–Crippen LogP) is 4.31. The van der Waals surface area contributed by atoms with Gasteiger partial charge in [0.1, 0.15) is 0 Å². The highest BCUT2D eigenvalue weighted by Crippen LogP contribution is 2.26. The third kappa shape index (κ3) is 3.10. The molecule has 17 heavy (non-hydrogen) atoms. The molecule has 0 N–H and O–H groups in total. The van der Waals surface area contributed by atoms with Gasteiger partial charge in [0.15, 0.2) is 0 Å². The molecular formula is C13H18BrNOS. The van der Waals surface area contributed by atoms with Crippen LogP contribution in [0.25, 0.3) is 0 Å². The average molecular weight is 316 g/mol. The second kappa shape index (κ2) is 6.01. The van der Waals surface area contributed by atoms with Gasteiger partial charge in [-0.25, -0.2) is 0 Å². The Bertz CT molecular complexity index is 385. The summed E-state index contributed by atoms with van der Waals surface area (Å²) in [6.07, 6.45) is 6.20. The summed E-state index contributed by atoms with van der Waals surface area (Å²) in [5.41, 5.74) is 0.828. The van der Waals surface area contributed by atoms with Crippen LogP contribution in [0.15, 0.2) is 15.2 Å². The first-order valence-electron chi connectivity index (χ1n) is 6.27. The molecule has 1 fully saturated rings. The number of hydrogen-bond acceptors (Lipinski definition) is 2. The largest absolute Gasteiger partial charge is 0.336 e. The van der Waals surface area contributed by atoms with Crippen LogP contribution in [0.5, 0.6) is 0 Å². The van der Waals surface area contributed by atoms with Gasteiger partial charge in [-0.15, -0.1) is 11.3 Å². The SMILES string of the molecule is CCN(C(=O)c1csc(Br)c1)C1CCCCC1. The van der Waals surface area contributed by atoms with Crippen LogP contribution in [-0.2, 0) is 0 Å². The van der Waals surface area contributed by atoms with Crippen LogP contribution in [-0.4, -0.2) is 23.4 Å². The van der Waals surface area contributed by atoms with Crippen LogP contribution < -0.4 is 0 Å². The molecule has 0 unspecified atom stereocenters. The van der Waals surface area contributed by atoms with Crippen LogP contribution in [0.4, 0.5) is 0 Å². The Morgan fingerprint density at radius 1 is 1.47 bits per heavy atom. The molecule has 4 heteroatoms. The fraction of sp³-hybridized carbons (Fsp3) is 0.615. The minimum absolute atomic E-state index is 0.196. The van der Waals surface area contributed by atoms with E-state index < -0.39 is 0 Å². The van der Waals surface area contributed by atoms with Crippen molar-refractivity contribution >= 4 is 33.2 Å². The van der Waals surface area contributed by atoms with Gasteiger partial charge in [-0.3, -0.25) is 4.79 Å². The first kappa shape index (κ1) is 13.1. The van der Waals surface area contributed by atoms with Crippen LogP contribution >= 0.6 is 27.3 Å². The zero-order chi connectivity index (χ0) is 12.3. The highest BCUT2D eigenvalue weighted by molar-refractivity contribution is 9.11. The lowest BCUT2D eigenvalue weighted by Gasteiger charge is -2.33. The van der Waals surface area contributed by atoms with E-state index in [0.29, 0.717) is 6.04 Å². The molecule has 1 aliphatic carbocycles. The number of amides is 1. The lowest BCUT2D eigenvalue weighted by molar-refractivity contribution is 0.0648. The maximum absolute atomic E-state index is 12.4. The number of nitrogens with zero attached hydrogens (tertiary/aromatic N) is 1. The monoisotopic (exact) mass is 315 g/mol. The Kier molecular flexibility index (Phi) is 4.62. The van der Waals surface area contributed by atoms with E-state index in [0.717, 1.165) is 15.9 Å². The van der Waals surface area contributed by atoms with E-state index in [2.05, 4.69) is 22.9 Å². The number of carbonyl (C=O) groups excluding carboxylic acids is 1. The van der Waals surface area contributed by atoms with Crippen LogP contribution in [0.3, 0.4) is 0 Å². The van der Waals surface area contributed by atoms with Gasteiger partial charge < -0.3 is 4.90 Å². The van der Waals surface area contributed by atoms with Gasteiger partial charge in [0, 0.05) is 18.0 Å². The van der Waals surface area contributed by atoms with Gasteiger partial charge in [-0.1, -0.05) is 19.3 Å². The third-order valence-electron chi connectivity index (χ3n) is 3.43. The summed E-state index contributed by atoms with van der Waals surface area (Å²) in [5, 5.41) is 1.94. The minimum Gasteiger partial charge on any atom is -0.336 e. The van der Waals surface area contributed by atoms with Crippen molar-refractivity contribution in [2.75, 3.05) is 6.54 Å². The molecule has 94 valence electrons. The quantitative estimate of drug-likeness (QED) is 0.814. The number of carbonyl (C=O) groups is 1. The van der Waals surface area contributed by atoms with Crippen molar-refractivity contribution in [2.24, 2.45) is 0 Å². The van der Waals surface area contributed by atoms with Gasteiger partial charge in [-0.05, 0) is 41.8 Å². The zero-order valence-electron chi connectivity index (χ0n) is 10.1. The van der Waals surface area contributed by atoms with Gasteiger partial charge in [0.05, 0.1) is 9.35 Å². The molecule has 1 amide bonds. The Morgan fingerprint density at radius 3 is 2.71 bits per heavy atom. The first-order valence-corrected chi connectivity index (χ1v) is 7.94. The summed E-state index contributed by atoms with van der Waals surface area (Å²) in [7, 11) is 0. The van der Waals surface area contributed by atoms with Crippen molar-refractivity contribution in [1.82, 2.24) is 4.90 Å². The fourth-order valence-corrected chi connectivity index (χ4v) is 3.68. The van der Waals surface area contributed by atoms with Gasteiger partial charge >= 0.3 is 0 Å². The van der Waals surface area contributed by atoms with Crippen molar-refractivity contribution in [3.8, 4) is 0 Å². The summed E-state index contributed by atoms with van der Waals surface area (Å²) in [4.78, 5) is 14.4. The lowest BCUT2D eigenvalue weighted by Crippen LogP contribution is -2.41. The summed E-state index contributed by atoms with van der Waals surface area (Å²) in [5.74, 6) is 0.196. The molecule has 1 saturated carbocycles. The van der Waals surface area contributed by atoms with Gasteiger partial charge in [-0.2, -0.15) is 0 Å². The summed E-state index contributed by atoms with van der Waals surface area (Å²) < 4.78 is 1.03. The fourth-order valence-electron chi connectivity index (χ4n) is 2.55. The maximum atomic E-state index is 12.4. The van der Waals surface area contributed by atoms with Crippen LogP contribution in [0.1, 0.15) is 49.4 Å². The predicted molar refractivity (Wildman–Crippen MR) is 75.6 cm³/mol. The number of rotatable bonds is 3. The average Bonchev–Trinajstić information content (AvgIpc) is 2.78. The summed E-state index contributed by atoms with van der Waals surface area (Å²) in [6.45, 7) is 2.89. The molecular weight excluding hydrogens is 298 g/mol. The molecule has 0 atom stereocenters. The van der Waals surface area contributed by atoms with Gasteiger partial charge in [0.2, 0.25) is 0 Å². The van der Waals surface area contributed by atoms with Gasteiger partial charge in [0.25, 0.3) is 5.91 Å². The van der Waals surface area contributed by atoms with E-state index in [4.69, 9.17) is 0 Å². The molecule has 1 aromatic heterocycles. The number of halogens is 1. The second-order valence-electron chi connectivity index (χ2n) is 4.52. The molecule has 0 bridgehead atoms. The third-order valence-corrected chi connectivity index (χ3v) is 4.94. The van der Waals surface area contributed by atoms with E-state index in [-0.39, 0.29) is 5.91 Å². The van der Waals surface area contributed by atoms with E-state index in [1.54, 1.807) is 11.3 Å². The van der Waals surface area contributed by atoms with E-state index in [1.165, 1.54) is 32.1 Å². The molecule has 0 saturated heterocycles. The highest BCUT2D eigenvalue weighted by atomic mass is 79.9. The molecule has 1 aromatic rings. The molecule has 0 aliphatic heterocycles. The maximum Gasteiger partial charge on any atom is 0.254 e. The van der Waals surface area contributed by atoms with Crippen molar-refractivity contribution in [3.63, 3.8) is 0 Å². The second-order valence-corrected chi connectivity index (χ2v) is 6.81. The Balaban J connectivity index is 2.09. The molecule has 1 aliphatic rings. The smallest absolute Gasteiger partial charge is 0.254 e. The lowest BCUT2D eigenvalue weighted by atomic mass is 9.94. The molecule has 0 spiro atoms. The van der Waals surface area contributed by atoms with Crippen molar-refractivity contribution in [2.45, 2.75) is 45.1 Å². The van der Waals surface area contributed by atoms with E-state index in [1.807, 2.05) is 16.3 Å². The van der Waals surface area contributed by atoms with Crippen LogP contribution in [0, 0.1) is 0 Å². The van der Waals surface area contributed by atoms with Crippen molar-refractivity contribution in [1.29, 1.82) is 0 Å². The van der Waals surface area contributed by atoms with Crippen LogP contribution in [0.2, 0.25) is 0 Å². The van der Waals surface area contributed by atoms with Crippen molar-refractivity contribution in [3.05, 3.63) is 20.8 Å². The molecule has 1 heterocycles. The van der Waals surface area contributed by atoms with E-state index >= 15 is 0 Å². The summed E-state index contributed by atoms with van der Waals surface area (Å²) >= 11 is 4.99. The Hall–Kier alpha value is -0.350. The van der Waals surface area contributed by atoms with Crippen molar-refractivity contribution < 1.29 is 4.79 Å². The first-order chi connectivity index (χ1) is 8.22. The topological polar surface area (TPSA) is 20.3 Å². The molecule has 0 radical (unpaired) electrons. The van der Waals surface area contributed by atoms with E-state index in [9.17, 15) is 4.79 Å². The Labute approximate surface area is 115 Å². The number of thiophene rings is 1. The highest BCUT2D eigenvalue weighted by Gasteiger charge is 2.25. The summed E-state index contributed by atoms with van der Waals surface area (Å²) in [6, 6.07) is 2.39. The molecule has 0 aromatic carbocycles. The Morgan fingerprint density at radius 2 is 2.18 bits per heavy atom. The zero-order valence-corrected chi connectivity index (χ0v) is 12.5. The molecule has 2 nitrogen and oxygen atoms in total. The minimum atomic E-state index is 0.196. The normalized spacial score (nSPS) is 17.1. The standard InChI is InChI=1S/C13H18BrNOS/c1-2-15(11-6-4-3-5-7-11)13(16)10-8-12(14)17-9-10/h8-9,11H,2-7H2,1H3. The molecule has 2 rings (SSSR count). The number of hydrogen-bond donors (Lipinski definition) is 0.